The van der Waals surface area contributed by atoms with Crippen LogP contribution in [0.3, 0.4) is 0 Å². The molecule has 29 heavy (non-hydrogen) atoms. The minimum atomic E-state index is -0.0401. The molecular formula is C25H24N2O2. The first-order valence-corrected chi connectivity index (χ1v) is 10.2. The maximum Gasteiger partial charge on any atom is 0.263 e. The molecule has 4 aromatic rings. The second-order valence-electron chi connectivity index (χ2n) is 7.26. The molecule has 0 radical (unpaired) electrons. The van der Waals surface area contributed by atoms with Crippen LogP contribution >= 0.6 is 0 Å². The van der Waals surface area contributed by atoms with Gasteiger partial charge in [0.25, 0.3) is 5.89 Å². The second-order valence-corrected chi connectivity index (χ2v) is 7.26. The molecule has 0 aliphatic rings. The molecule has 0 fully saturated rings. The fourth-order valence-electron chi connectivity index (χ4n) is 3.50. The SMILES string of the molecule is O=C(CCCCCCc1ccc2ccccc2c1)c1ncc(-c2ccccn2)o1. The number of Topliss-reactive ketones (excluding diaryl/α,β-unsaturated/α-hetero) is 1. The summed E-state index contributed by atoms with van der Waals surface area (Å²) in [6, 6.07) is 20.7. The molecule has 2 aromatic carbocycles. The third kappa shape index (κ3) is 4.96. The maximum atomic E-state index is 12.3. The zero-order valence-electron chi connectivity index (χ0n) is 16.4. The van der Waals surface area contributed by atoms with Crippen LogP contribution in [0.15, 0.2) is 77.5 Å². The lowest BCUT2D eigenvalue weighted by atomic mass is 10.0. The molecule has 0 amide bonds. The van der Waals surface area contributed by atoms with Crippen molar-refractivity contribution in [1.82, 2.24) is 9.97 Å². The molecule has 146 valence electrons. The van der Waals surface area contributed by atoms with Gasteiger partial charge in [0.15, 0.2) is 5.76 Å². The van der Waals surface area contributed by atoms with E-state index in [1.807, 2.05) is 18.2 Å². The number of fused-ring (bicyclic) bond motifs is 1. The highest BCUT2D eigenvalue weighted by molar-refractivity contribution is 5.91. The molecule has 0 saturated heterocycles. The van der Waals surface area contributed by atoms with Crippen molar-refractivity contribution in [2.45, 2.75) is 38.5 Å². The Balaban J connectivity index is 1.18. The normalized spacial score (nSPS) is 11.0. The van der Waals surface area contributed by atoms with Gasteiger partial charge < -0.3 is 4.42 Å². The van der Waals surface area contributed by atoms with E-state index < -0.39 is 0 Å². The number of unbranched alkanes of at least 4 members (excludes halogenated alkanes) is 3. The van der Waals surface area contributed by atoms with Gasteiger partial charge in [-0.25, -0.2) is 4.98 Å². The van der Waals surface area contributed by atoms with Gasteiger partial charge in [-0.3, -0.25) is 9.78 Å². The Labute approximate surface area is 170 Å². The van der Waals surface area contributed by atoms with Crippen molar-refractivity contribution in [3.63, 3.8) is 0 Å². The van der Waals surface area contributed by atoms with Gasteiger partial charge in [0.05, 0.1) is 6.20 Å². The van der Waals surface area contributed by atoms with E-state index in [4.69, 9.17) is 4.42 Å². The summed E-state index contributed by atoms with van der Waals surface area (Å²) >= 11 is 0. The molecule has 2 heterocycles. The summed E-state index contributed by atoms with van der Waals surface area (Å²) in [5.74, 6) is 0.674. The molecule has 0 N–H and O–H groups in total. The Hall–Kier alpha value is -3.27. The first kappa shape index (κ1) is 19.1. The minimum Gasteiger partial charge on any atom is -0.432 e. The minimum absolute atomic E-state index is 0.0401. The molecule has 0 atom stereocenters. The lowest BCUT2D eigenvalue weighted by molar-refractivity contribution is 0.0946. The number of hydrogen-bond acceptors (Lipinski definition) is 4. The number of hydrogen-bond donors (Lipinski definition) is 0. The quantitative estimate of drug-likeness (QED) is 0.252. The smallest absolute Gasteiger partial charge is 0.263 e. The lowest BCUT2D eigenvalue weighted by Gasteiger charge is -2.04. The summed E-state index contributed by atoms with van der Waals surface area (Å²) in [5, 5.41) is 2.58. The number of ketones is 1. The van der Waals surface area contributed by atoms with E-state index in [1.165, 1.54) is 16.3 Å². The van der Waals surface area contributed by atoms with Crippen molar-refractivity contribution < 1.29 is 9.21 Å². The van der Waals surface area contributed by atoms with Crippen LogP contribution in [0.4, 0.5) is 0 Å². The average Bonchev–Trinajstić information content (AvgIpc) is 3.27. The van der Waals surface area contributed by atoms with Gasteiger partial charge in [0.1, 0.15) is 5.69 Å². The molecule has 4 nitrogen and oxygen atoms in total. The van der Waals surface area contributed by atoms with Crippen LogP contribution in [0.25, 0.3) is 22.2 Å². The third-order valence-electron chi connectivity index (χ3n) is 5.09. The summed E-state index contributed by atoms with van der Waals surface area (Å²) in [7, 11) is 0. The summed E-state index contributed by atoms with van der Waals surface area (Å²) in [4.78, 5) is 20.6. The van der Waals surface area contributed by atoms with Crippen LogP contribution in [0, 0.1) is 0 Å². The summed E-state index contributed by atoms with van der Waals surface area (Å²) in [6.07, 6.45) is 8.95. The summed E-state index contributed by atoms with van der Waals surface area (Å²) in [6.45, 7) is 0. The Morgan fingerprint density at radius 3 is 2.52 bits per heavy atom. The number of carbonyl (C=O) groups excluding carboxylic acids is 1. The van der Waals surface area contributed by atoms with Crippen LogP contribution in [-0.4, -0.2) is 15.8 Å². The van der Waals surface area contributed by atoms with Gasteiger partial charge in [0, 0.05) is 12.6 Å². The van der Waals surface area contributed by atoms with E-state index in [0.29, 0.717) is 17.9 Å². The number of benzene rings is 2. The molecule has 0 unspecified atom stereocenters. The zero-order valence-corrected chi connectivity index (χ0v) is 16.4. The molecule has 0 spiro atoms. The molecular weight excluding hydrogens is 360 g/mol. The van der Waals surface area contributed by atoms with E-state index in [0.717, 1.165) is 32.1 Å². The van der Waals surface area contributed by atoms with Gasteiger partial charge in [-0.05, 0) is 47.7 Å². The lowest BCUT2D eigenvalue weighted by Crippen LogP contribution is -1.99. The Kier molecular flexibility index (Phi) is 6.10. The standard InChI is InChI=1S/C25H24N2O2/c28-23(25-27-18-24(29-25)22-12-7-8-16-26-22)13-4-2-1-3-9-19-14-15-20-10-5-6-11-21(20)17-19/h5-8,10-12,14-18H,1-4,9,13H2. The van der Waals surface area contributed by atoms with E-state index in [2.05, 4.69) is 52.4 Å². The van der Waals surface area contributed by atoms with Crippen LogP contribution < -0.4 is 0 Å². The Bertz CT molecular complexity index is 1090. The monoisotopic (exact) mass is 384 g/mol. The number of rotatable bonds is 9. The fraction of sp³-hybridized carbons (Fsp3) is 0.240. The van der Waals surface area contributed by atoms with Crippen molar-refractivity contribution >= 4 is 16.6 Å². The first-order chi connectivity index (χ1) is 14.3. The predicted molar refractivity (Wildman–Crippen MR) is 115 cm³/mol. The van der Waals surface area contributed by atoms with Crippen molar-refractivity contribution in [3.8, 4) is 11.5 Å². The second kappa shape index (κ2) is 9.28. The molecule has 0 bridgehead atoms. The highest BCUT2D eigenvalue weighted by Crippen LogP contribution is 2.20. The topological polar surface area (TPSA) is 56.0 Å². The zero-order chi connectivity index (χ0) is 19.9. The predicted octanol–water partition coefficient (Wildman–Crippen LogP) is 6.27. The number of aryl methyl sites for hydroxylation is 1. The van der Waals surface area contributed by atoms with Gasteiger partial charge >= 0.3 is 0 Å². The van der Waals surface area contributed by atoms with E-state index in [9.17, 15) is 4.79 Å². The molecule has 0 aliphatic carbocycles. The molecule has 4 heteroatoms. The Morgan fingerprint density at radius 1 is 0.828 bits per heavy atom. The van der Waals surface area contributed by atoms with Crippen molar-refractivity contribution in [1.29, 1.82) is 0 Å². The molecule has 2 aromatic heterocycles. The number of aromatic nitrogens is 2. The largest absolute Gasteiger partial charge is 0.432 e. The van der Waals surface area contributed by atoms with Crippen LogP contribution in [0.2, 0.25) is 0 Å². The first-order valence-electron chi connectivity index (χ1n) is 10.2. The highest BCUT2D eigenvalue weighted by atomic mass is 16.4. The Morgan fingerprint density at radius 2 is 1.66 bits per heavy atom. The van der Waals surface area contributed by atoms with Crippen molar-refractivity contribution in [2.75, 3.05) is 0 Å². The summed E-state index contributed by atoms with van der Waals surface area (Å²) in [5.41, 5.74) is 2.06. The number of carbonyl (C=O) groups is 1. The van der Waals surface area contributed by atoms with E-state index in [1.54, 1.807) is 12.4 Å². The number of oxazole rings is 1. The fourth-order valence-corrected chi connectivity index (χ4v) is 3.50. The molecule has 0 saturated carbocycles. The summed E-state index contributed by atoms with van der Waals surface area (Å²) < 4.78 is 5.58. The maximum absolute atomic E-state index is 12.3. The van der Waals surface area contributed by atoms with Crippen molar-refractivity contribution in [2.24, 2.45) is 0 Å². The van der Waals surface area contributed by atoms with E-state index >= 15 is 0 Å². The third-order valence-corrected chi connectivity index (χ3v) is 5.09. The number of nitrogens with zero attached hydrogens (tertiary/aromatic N) is 2. The van der Waals surface area contributed by atoms with Crippen LogP contribution in [-0.2, 0) is 6.42 Å². The van der Waals surface area contributed by atoms with Gasteiger partial charge in [-0.15, -0.1) is 0 Å². The van der Waals surface area contributed by atoms with Crippen molar-refractivity contribution in [3.05, 3.63) is 84.5 Å². The van der Waals surface area contributed by atoms with Gasteiger partial charge in [-0.2, -0.15) is 0 Å². The highest BCUT2D eigenvalue weighted by Gasteiger charge is 2.14. The number of pyridine rings is 1. The molecule has 0 aliphatic heterocycles. The molecule has 4 rings (SSSR count). The van der Waals surface area contributed by atoms with Crippen LogP contribution in [0.5, 0.6) is 0 Å². The average molecular weight is 384 g/mol. The van der Waals surface area contributed by atoms with Gasteiger partial charge in [0.2, 0.25) is 5.78 Å². The van der Waals surface area contributed by atoms with E-state index in [-0.39, 0.29) is 11.7 Å². The van der Waals surface area contributed by atoms with Crippen LogP contribution in [0.1, 0.15) is 48.4 Å². The van der Waals surface area contributed by atoms with Gasteiger partial charge in [-0.1, -0.05) is 61.4 Å².